The van der Waals surface area contributed by atoms with Crippen molar-refractivity contribution in [2.24, 2.45) is 0 Å². The lowest BCUT2D eigenvalue weighted by atomic mass is 10.3. The average Bonchev–Trinajstić information content (AvgIpc) is 2.03. The Morgan fingerprint density at radius 1 is 1.18 bits per heavy atom. The van der Waals surface area contributed by atoms with Crippen molar-refractivity contribution in [2.75, 3.05) is 24.7 Å². The average molecular weight is 192 g/mol. The largest absolute Gasteiger partial charge is 0.347 e. The predicted molar refractivity (Wildman–Crippen MR) is 49.0 cm³/mol. The van der Waals surface area contributed by atoms with Gasteiger partial charge in [0.15, 0.2) is 5.79 Å². The summed E-state index contributed by atoms with van der Waals surface area (Å²) < 4.78 is 11.7. The molecule has 0 bridgehead atoms. The first kappa shape index (κ1) is 8.23. The molecule has 4 heteroatoms. The maximum Gasteiger partial charge on any atom is 0.186 e. The molecule has 0 aromatic heterocycles. The first-order valence-corrected chi connectivity index (χ1v) is 5.92. The molecule has 0 aromatic rings. The molecule has 0 spiro atoms. The van der Waals surface area contributed by atoms with Crippen LogP contribution < -0.4 is 0 Å². The summed E-state index contributed by atoms with van der Waals surface area (Å²) in [5.41, 5.74) is 0. The molecule has 2 heterocycles. The summed E-state index contributed by atoms with van der Waals surface area (Å²) in [7, 11) is 0. The van der Waals surface area contributed by atoms with Crippen molar-refractivity contribution in [1.82, 2.24) is 0 Å². The van der Waals surface area contributed by atoms with Gasteiger partial charge in [-0.15, -0.1) is 23.5 Å². The Balaban J connectivity index is 2.06. The fourth-order valence-electron chi connectivity index (χ4n) is 1.33. The van der Waals surface area contributed by atoms with Gasteiger partial charge in [-0.3, -0.25) is 0 Å². The molecule has 2 saturated heterocycles. The van der Waals surface area contributed by atoms with Gasteiger partial charge in [-0.25, -0.2) is 0 Å². The van der Waals surface area contributed by atoms with Gasteiger partial charge >= 0.3 is 0 Å². The summed E-state index contributed by atoms with van der Waals surface area (Å²) in [6.45, 7) is 3.71. The van der Waals surface area contributed by atoms with Crippen LogP contribution >= 0.6 is 23.5 Å². The van der Waals surface area contributed by atoms with Crippen molar-refractivity contribution < 1.29 is 9.47 Å². The van der Waals surface area contributed by atoms with Gasteiger partial charge in [0, 0.05) is 11.5 Å². The standard InChI is InChI=1S/C7H12O2S2/c1-7-6(10-4-2-8-7)11-5-3-9-7/h6H,2-5H2,1H3. The maximum absolute atomic E-state index is 5.61. The molecule has 2 aliphatic heterocycles. The van der Waals surface area contributed by atoms with Crippen LogP contribution in [0.4, 0.5) is 0 Å². The van der Waals surface area contributed by atoms with E-state index in [1.165, 1.54) is 0 Å². The lowest BCUT2D eigenvalue weighted by molar-refractivity contribution is -0.214. The second-order valence-electron chi connectivity index (χ2n) is 2.79. The van der Waals surface area contributed by atoms with Crippen molar-refractivity contribution in [3.05, 3.63) is 0 Å². The monoisotopic (exact) mass is 192 g/mol. The molecule has 0 unspecified atom stereocenters. The minimum Gasteiger partial charge on any atom is -0.347 e. The summed E-state index contributed by atoms with van der Waals surface area (Å²) in [6, 6.07) is 0. The van der Waals surface area contributed by atoms with Crippen LogP contribution in [0.5, 0.6) is 0 Å². The first-order valence-electron chi connectivity index (χ1n) is 3.82. The Labute approximate surface area is 75.4 Å². The van der Waals surface area contributed by atoms with Crippen LogP contribution in [0, 0.1) is 0 Å². The van der Waals surface area contributed by atoms with E-state index in [9.17, 15) is 0 Å². The van der Waals surface area contributed by atoms with Gasteiger partial charge in [-0.05, 0) is 6.92 Å². The number of ether oxygens (including phenoxy) is 2. The van der Waals surface area contributed by atoms with Crippen LogP contribution in [0.25, 0.3) is 0 Å². The highest BCUT2D eigenvalue weighted by molar-refractivity contribution is 8.17. The summed E-state index contributed by atoms with van der Waals surface area (Å²) >= 11 is 3.92. The Morgan fingerprint density at radius 3 is 2.18 bits per heavy atom. The molecule has 0 amide bonds. The zero-order valence-corrected chi connectivity index (χ0v) is 8.17. The molecule has 0 N–H and O–H groups in total. The molecule has 0 radical (unpaired) electrons. The van der Waals surface area contributed by atoms with Crippen molar-refractivity contribution in [1.29, 1.82) is 0 Å². The highest BCUT2D eigenvalue weighted by atomic mass is 32.2. The molecule has 11 heavy (non-hydrogen) atoms. The Hall–Kier alpha value is 0.620. The molecular weight excluding hydrogens is 180 g/mol. The molecule has 0 aliphatic carbocycles. The third kappa shape index (κ3) is 1.54. The van der Waals surface area contributed by atoms with E-state index in [4.69, 9.17) is 9.47 Å². The molecule has 2 aliphatic rings. The molecule has 0 saturated carbocycles. The third-order valence-corrected chi connectivity index (χ3v) is 4.99. The minimum atomic E-state index is -0.300. The quantitative estimate of drug-likeness (QED) is 0.579. The van der Waals surface area contributed by atoms with Crippen LogP contribution in [0.3, 0.4) is 0 Å². The van der Waals surface area contributed by atoms with E-state index in [1.807, 2.05) is 23.5 Å². The van der Waals surface area contributed by atoms with E-state index in [0.717, 1.165) is 24.7 Å². The molecule has 64 valence electrons. The van der Waals surface area contributed by atoms with Gasteiger partial charge in [0.2, 0.25) is 0 Å². The summed E-state index contributed by atoms with van der Waals surface area (Å²) in [5, 5.41) is 0. The second-order valence-corrected chi connectivity index (χ2v) is 5.51. The molecule has 0 atom stereocenters. The van der Waals surface area contributed by atoms with Crippen molar-refractivity contribution in [2.45, 2.75) is 17.3 Å². The van der Waals surface area contributed by atoms with Gasteiger partial charge in [0.25, 0.3) is 0 Å². The zero-order valence-electron chi connectivity index (χ0n) is 6.54. The highest BCUT2D eigenvalue weighted by Crippen LogP contribution is 2.42. The normalized spacial score (nSPS) is 45.0. The molecule has 2 rings (SSSR count). The van der Waals surface area contributed by atoms with Gasteiger partial charge in [0.1, 0.15) is 4.58 Å². The minimum absolute atomic E-state index is 0.300. The number of hydrogen-bond acceptors (Lipinski definition) is 4. The molecular formula is C7H12O2S2. The number of thioether (sulfide) groups is 2. The lowest BCUT2D eigenvalue weighted by Crippen LogP contribution is -2.48. The third-order valence-electron chi connectivity index (χ3n) is 1.91. The van der Waals surface area contributed by atoms with Crippen LogP contribution in [-0.2, 0) is 9.47 Å². The zero-order chi connectivity index (χ0) is 7.73. The van der Waals surface area contributed by atoms with Gasteiger partial charge < -0.3 is 9.47 Å². The van der Waals surface area contributed by atoms with Crippen LogP contribution in [0.2, 0.25) is 0 Å². The Kier molecular flexibility index (Phi) is 2.37. The lowest BCUT2D eigenvalue weighted by Gasteiger charge is -2.42. The van der Waals surface area contributed by atoms with Gasteiger partial charge in [-0.2, -0.15) is 0 Å². The van der Waals surface area contributed by atoms with E-state index < -0.39 is 0 Å². The smallest absolute Gasteiger partial charge is 0.186 e. The fourth-order valence-corrected chi connectivity index (χ4v) is 3.95. The molecule has 0 aromatic carbocycles. The number of hydrogen-bond donors (Lipinski definition) is 0. The van der Waals surface area contributed by atoms with Gasteiger partial charge in [0.05, 0.1) is 13.2 Å². The SMILES string of the molecule is CC12OCCSC1SCCO2. The Morgan fingerprint density at radius 2 is 1.73 bits per heavy atom. The second kappa shape index (κ2) is 3.17. The van der Waals surface area contributed by atoms with Crippen molar-refractivity contribution in [3.63, 3.8) is 0 Å². The van der Waals surface area contributed by atoms with Crippen LogP contribution in [0.15, 0.2) is 0 Å². The van der Waals surface area contributed by atoms with Crippen molar-refractivity contribution >= 4 is 23.5 Å². The highest BCUT2D eigenvalue weighted by Gasteiger charge is 2.42. The van der Waals surface area contributed by atoms with E-state index in [2.05, 4.69) is 6.92 Å². The first-order chi connectivity index (χ1) is 5.31. The van der Waals surface area contributed by atoms with E-state index in [-0.39, 0.29) is 5.79 Å². The van der Waals surface area contributed by atoms with Crippen LogP contribution in [-0.4, -0.2) is 35.1 Å². The molecule has 2 nitrogen and oxygen atoms in total. The fraction of sp³-hybridized carbons (Fsp3) is 1.00. The predicted octanol–water partition coefficient (Wildman–Crippen LogP) is 1.56. The maximum atomic E-state index is 5.61. The summed E-state index contributed by atoms with van der Waals surface area (Å²) in [6.07, 6.45) is 0. The Bertz CT molecular complexity index is 139. The summed E-state index contributed by atoms with van der Waals surface area (Å²) in [5.74, 6) is 1.92. The van der Waals surface area contributed by atoms with E-state index in [1.54, 1.807) is 0 Å². The van der Waals surface area contributed by atoms with Crippen molar-refractivity contribution in [3.8, 4) is 0 Å². The topological polar surface area (TPSA) is 18.5 Å². The number of rotatable bonds is 0. The van der Waals surface area contributed by atoms with Crippen LogP contribution in [0.1, 0.15) is 6.92 Å². The number of fused-ring (bicyclic) bond motifs is 1. The van der Waals surface area contributed by atoms with E-state index in [0.29, 0.717) is 4.58 Å². The summed E-state index contributed by atoms with van der Waals surface area (Å²) in [4.78, 5) is 0. The van der Waals surface area contributed by atoms with E-state index >= 15 is 0 Å². The molecule has 2 fully saturated rings. The van der Waals surface area contributed by atoms with Gasteiger partial charge in [-0.1, -0.05) is 0 Å².